The number of nitrogens with zero attached hydrogens (tertiary/aromatic N) is 2. The molecule has 2 aromatic rings. The average Bonchev–Trinajstić information content (AvgIpc) is 3.27. The van der Waals surface area contributed by atoms with Crippen LogP contribution in [0, 0.1) is 6.92 Å². The summed E-state index contributed by atoms with van der Waals surface area (Å²) in [6.07, 6.45) is 3.47. The summed E-state index contributed by atoms with van der Waals surface area (Å²) in [7, 11) is 0. The van der Waals surface area contributed by atoms with Gasteiger partial charge in [-0.25, -0.2) is 9.97 Å². The van der Waals surface area contributed by atoms with Crippen molar-refractivity contribution >= 4 is 29.0 Å². The van der Waals surface area contributed by atoms with Gasteiger partial charge in [0.25, 0.3) is 5.91 Å². The first-order chi connectivity index (χ1) is 10.1. The zero-order valence-corrected chi connectivity index (χ0v) is 12.3. The molecule has 0 spiro atoms. The summed E-state index contributed by atoms with van der Waals surface area (Å²) in [4.78, 5) is 20.1. The molecule has 1 aliphatic carbocycles. The summed E-state index contributed by atoms with van der Waals surface area (Å²) in [5.74, 6) is 0.405. The molecule has 1 heterocycles. The second-order valence-corrected chi connectivity index (χ2v) is 5.56. The van der Waals surface area contributed by atoms with Gasteiger partial charge in [0.15, 0.2) is 0 Å². The van der Waals surface area contributed by atoms with Crippen LogP contribution in [-0.4, -0.2) is 21.9 Å². The van der Waals surface area contributed by atoms with E-state index in [1.807, 2.05) is 25.1 Å². The third-order valence-corrected chi connectivity index (χ3v) is 3.51. The molecule has 0 aliphatic heterocycles. The van der Waals surface area contributed by atoms with E-state index in [9.17, 15) is 4.79 Å². The fourth-order valence-corrected chi connectivity index (χ4v) is 2.08. The molecule has 1 amide bonds. The van der Waals surface area contributed by atoms with Gasteiger partial charge in [0, 0.05) is 22.8 Å². The maximum absolute atomic E-state index is 12.0. The van der Waals surface area contributed by atoms with Gasteiger partial charge < -0.3 is 10.6 Å². The molecular formula is C15H15ClN4O. The van der Waals surface area contributed by atoms with Crippen molar-refractivity contribution in [2.45, 2.75) is 25.8 Å². The van der Waals surface area contributed by atoms with Gasteiger partial charge in [0.1, 0.15) is 17.8 Å². The number of rotatable bonds is 4. The van der Waals surface area contributed by atoms with Crippen LogP contribution >= 0.6 is 11.6 Å². The van der Waals surface area contributed by atoms with Gasteiger partial charge in [-0.3, -0.25) is 4.79 Å². The Balaban J connectivity index is 1.79. The molecule has 21 heavy (non-hydrogen) atoms. The van der Waals surface area contributed by atoms with Crippen molar-refractivity contribution in [3.8, 4) is 0 Å². The molecule has 1 aromatic heterocycles. The van der Waals surface area contributed by atoms with E-state index in [0.717, 1.165) is 24.1 Å². The summed E-state index contributed by atoms with van der Waals surface area (Å²) >= 11 is 5.99. The normalized spacial score (nSPS) is 13.8. The van der Waals surface area contributed by atoms with Gasteiger partial charge in [-0.1, -0.05) is 17.7 Å². The predicted octanol–water partition coefficient (Wildman–Crippen LogP) is 3.07. The Morgan fingerprint density at radius 2 is 2.10 bits per heavy atom. The molecule has 0 bridgehead atoms. The molecule has 1 aromatic carbocycles. The SMILES string of the molecule is Cc1ccc(Cl)cc1Nc1cc(C(=O)NC2CC2)ncn1. The number of aryl methyl sites for hydroxylation is 1. The lowest BCUT2D eigenvalue weighted by atomic mass is 10.2. The van der Waals surface area contributed by atoms with E-state index >= 15 is 0 Å². The van der Waals surface area contributed by atoms with Crippen molar-refractivity contribution in [1.29, 1.82) is 0 Å². The summed E-state index contributed by atoms with van der Waals surface area (Å²) < 4.78 is 0. The van der Waals surface area contributed by atoms with E-state index < -0.39 is 0 Å². The number of carbonyl (C=O) groups is 1. The Hall–Kier alpha value is -2.14. The van der Waals surface area contributed by atoms with Gasteiger partial charge in [0.05, 0.1) is 0 Å². The second-order valence-electron chi connectivity index (χ2n) is 5.12. The molecule has 2 N–H and O–H groups in total. The Bertz CT molecular complexity index is 685. The summed E-state index contributed by atoms with van der Waals surface area (Å²) in [5.41, 5.74) is 2.26. The number of benzene rings is 1. The maximum atomic E-state index is 12.0. The fourth-order valence-electron chi connectivity index (χ4n) is 1.90. The Kier molecular flexibility index (Phi) is 3.75. The number of aromatic nitrogens is 2. The average molecular weight is 303 g/mol. The van der Waals surface area contributed by atoms with Crippen molar-refractivity contribution < 1.29 is 4.79 Å². The number of hydrogen-bond donors (Lipinski definition) is 2. The van der Waals surface area contributed by atoms with Crippen molar-refractivity contribution in [1.82, 2.24) is 15.3 Å². The van der Waals surface area contributed by atoms with Crippen LogP contribution < -0.4 is 10.6 Å². The zero-order chi connectivity index (χ0) is 14.8. The lowest BCUT2D eigenvalue weighted by Crippen LogP contribution is -2.26. The maximum Gasteiger partial charge on any atom is 0.270 e. The Labute approximate surface area is 127 Å². The lowest BCUT2D eigenvalue weighted by Gasteiger charge is -2.10. The molecule has 1 aliphatic rings. The number of carbonyl (C=O) groups excluding carboxylic acids is 1. The second kappa shape index (κ2) is 5.69. The highest BCUT2D eigenvalue weighted by Gasteiger charge is 2.24. The van der Waals surface area contributed by atoms with Crippen LogP contribution in [0.25, 0.3) is 0 Å². The monoisotopic (exact) mass is 302 g/mol. The number of halogens is 1. The quantitative estimate of drug-likeness (QED) is 0.911. The minimum absolute atomic E-state index is 0.161. The van der Waals surface area contributed by atoms with Crippen LogP contribution in [0.3, 0.4) is 0 Å². The third-order valence-electron chi connectivity index (χ3n) is 3.27. The van der Waals surface area contributed by atoms with Crippen molar-refractivity contribution in [3.63, 3.8) is 0 Å². The predicted molar refractivity (Wildman–Crippen MR) is 82.0 cm³/mol. The number of nitrogens with one attached hydrogen (secondary N) is 2. The van der Waals surface area contributed by atoms with Gasteiger partial charge in [-0.2, -0.15) is 0 Å². The first-order valence-corrected chi connectivity index (χ1v) is 7.16. The highest BCUT2D eigenvalue weighted by molar-refractivity contribution is 6.30. The van der Waals surface area contributed by atoms with E-state index in [-0.39, 0.29) is 5.91 Å². The molecular weight excluding hydrogens is 288 g/mol. The molecule has 108 valence electrons. The highest BCUT2D eigenvalue weighted by Crippen LogP contribution is 2.23. The van der Waals surface area contributed by atoms with Crippen LogP contribution in [0.5, 0.6) is 0 Å². The molecule has 0 atom stereocenters. The molecule has 5 nitrogen and oxygen atoms in total. The molecule has 0 radical (unpaired) electrons. The molecule has 1 saturated carbocycles. The summed E-state index contributed by atoms with van der Waals surface area (Å²) in [6.45, 7) is 1.97. The third kappa shape index (κ3) is 3.49. The van der Waals surface area contributed by atoms with Crippen LogP contribution in [0.1, 0.15) is 28.9 Å². The highest BCUT2D eigenvalue weighted by atomic mass is 35.5. The Morgan fingerprint density at radius 3 is 2.86 bits per heavy atom. The number of anilines is 2. The molecule has 1 fully saturated rings. The summed E-state index contributed by atoms with van der Waals surface area (Å²) in [5, 5.41) is 6.71. The first-order valence-electron chi connectivity index (χ1n) is 6.78. The van der Waals surface area contributed by atoms with Crippen LogP contribution in [0.2, 0.25) is 5.02 Å². The molecule has 0 unspecified atom stereocenters. The Morgan fingerprint density at radius 1 is 1.29 bits per heavy atom. The van der Waals surface area contributed by atoms with Crippen molar-refractivity contribution in [3.05, 3.63) is 46.9 Å². The molecule has 0 saturated heterocycles. The molecule has 3 rings (SSSR count). The van der Waals surface area contributed by atoms with Gasteiger partial charge in [-0.05, 0) is 37.5 Å². The van der Waals surface area contributed by atoms with E-state index in [4.69, 9.17) is 11.6 Å². The largest absolute Gasteiger partial charge is 0.348 e. The van der Waals surface area contributed by atoms with E-state index in [2.05, 4.69) is 20.6 Å². The van der Waals surface area contributed by atoms with E-state index in [1.54, 1.807) is 6.07 Å². The molecule has 6 heteroatoms. The van der Waals surface area contributed by atoms with Crippen LogP contribution in [0.4, 0.5) is 11.5 Å². The summed E-state index contributed by atoms with van der Waals surface area (Å²) in [6, 6.07) is 7.52. The van der Waals surface area contributed by atoms with Gasteiger partial charge in [0.2, 0.25) is 0 Å². The number of amides is 1. The fraction of sp³-hybridized carbons (Fsp3) is 0.267. The smallest absolute Gasteiger partial charge is 0.270 e. The van der Waals surface area contributed by atoms with E-state index in [0.29, 0.717) is 22.6 Å². The first kappa shape index (κ1) is 13.8. The number of hydrogen-bond acceptors (Lipinski definition) is 4. The van der Waals surface area contributed by atoms with Crippen LogP contribution in [-0.2, 0) is 0 Å². The van der Waals surface area contributed by atoms with E-state index in [1.165, 1.54) is 6.33 Å². The van der Waals surface area contributed by atoms with Crippen molar-refractivity contribution in [2.75, 3.05) is 5.32 Å². The lowest BCUT2D eigenvalue weighted by molar-refractivity contribution is 0.0946. The zero-order valence-electron chi connectivity index (χ0n) is 11.6. The van der Waals surface area contributed by atoms with Gasteiger partial charge in [-0.15, -0.1) is 0 Å². The minimum atomic E-state index is -0.161. The van der Waals surface area contributed by atoms with Gasteiger partial charge >= 0.3 is 0 Å². The standard InChI is InChI=1S/C15H15ClN4O/c1-9-2-3-10(16)6-12(9)20-14-7-13(17-8-18-14)15(21)19-11-4-5-11/h2-3,6-8,11H,4-5H2,1H3,(H,19,21)(H,17,18,20). The minimum Gasteiger partial charge on any atom is -0.348 e. The van der Waals surface area contributed by atoms with Crippen molar-refractivity contribution in [2.24, 2.45) is 0 Å². The topological polar surface area (TPSA) is 66.9 Å². The van der Waals surface area contributed by atoms with Crippen LogP contribution in [0.15, 0.2) is 30.6 Å².